The van der Waals surface area contributed by atoms with Gasteiger partial charge in [0.05, 0.1) is 25.7 Å². The first-order chi connectivity index (χ1) is 11.1. The fourth-order valence-corrected chi connectivity index (χ4v) is 2.38. The van der Waals surface area contributed by atoms with E-state index in [4.69, 9.17) is 14.6 Å². The van der Waals surface area contributed by atoms with Crippen LogP contribution in [0, 0.1) is 0 Å². The quantitative estimate of drug-likeness (QED) is 0.681. The molecular formula is C17H23NO5. The van der Waals surface area contributed by atoms with Crippen molar-refractivity contribution in [2.75, 3.05) is 25.1 Å². The molecule has 6 nitrogen and oxygen atoms in total. The van der Waals surface area contributed by atoms with Crippen LogP contribution in [0.15, 0.2) is 24.3 Å². The minimum atomic E-state index is -0.814. The molecule has 1 atom stereocenters. The van der Waals surface area contributed by atoms with E-state index in [0.717, 1.165) is 25.0 Å². The summed E-state index contributed by atoms with van der Waals surface area (Å²) < 4.78 is 10.9. The first-order valence-corrected chi connectivity index (χ1v) is 7.93. The van der Waals surface area contributed by atoms with Crippen LogP contribution in [-0.2, 0) is 25.5 Å². The Bertz CT molecular complexity index is 508. The number of anilines is 1. The zero-order chi connectivity index (χ0) is 16.5. The number of hydrogen-bond acceptors (Lipinski definition) is 4. The van der Waals surface area contributed by atoms with Gasteiger partial charge in [-0.15, -0.1) is 0 Å². The summed E-state index contributed by atoms with van der Waals surface area (Å²) in [5.41, 5.74) is 1.64. The molecule has 6 heteroatoms. The zero-order valence-corrected chi connectivity index (χ0v) is 13.1. The number of hydrogen-bond donors (Lipinski definition) is 2. The molecule has 1 heterocycles. The van der Waals surface area contributed by atoms with Crippen LogP contribution >= 0.6 is 0 Å². The maximum atomic E-state index is 11.8. The van der Waals surface area contributed by atoms with Crippen LogP contribution in [0.25, 0.3) is 0 Å². The summed E-state index contributed by atoms with van der Waals surface area (Å²) in [5.74, 6) is -0.916. The number of nitrogens with one attached hydrogen (secondary N) is 1. The molecule has 1 fully saturated rings. The summed E-state index contributed by atoms with van der Waals surface area (Å²) in [4.78, 5) is 22.3. The average molecular weight is 321 g/mol. The fraction of sp³-hybridized carbons (Fsp3) is 0.529. The number of rotatable bonds is 9. The summed E-state index contributed by atoms with van der Waals surface area (Å²) >= 11 is 0. The maximum Gasteiger partial charge on any atom is 0.303 e. The van der Waals surface area contributed by atoms with Gasteiger partial charge in [-0.25, -0.2) is 0 Å². The van der Waals surface area contributed by atoms with E-state index < -0.39 is 5.97 Å². The van der Waals surface area contributed by atoms with Gasteiger partial charge in [0, 0.05) is 18.7 Å². The summed E-state index contributed by atoms with van der Waals surface area (Å²) in [5, 5.41) is 11.4. The van der Waals surface area contributed by atoms with E-state index in [0.29, 0.717) is 31.7 Å². The van der Waals surface area contributed by atoms with Crippen molar-refractivity contribution in [3.8, 4) is 0 Å². The molecule has 0 radical (unpaired) electrons. The molecule has 0 aliphatic carbocycles. The number of aryl methyl sites for hydroxylation is 1. The van der Waals surface area contributed by atoms with Crippen LogP contribution in [0.2, 0.25) is 0 Å². The standard InChI is InChI=1S/C17H23NO5/c19-16(9-11-22-12-15-2-1-10-23-15)18-14-6-3-13(4-7-14)5-8-17(20)21/h3-4,6-7,15H,1-2,5,8-12H2,(H,18,19)(H,20,21). The number of carbonyl (C=O) groups excluding carboxylic acids is 1. The van der Waals surface area contributed by atoms with Gasteiger partial charge in [0.1, 0.15) is 0 Å². The van der Waals surface area contributed by atoms with Crippen molar-refractivity contribution < 1.29 is 24.2 Å². The minimum absolute atomic E-state index is 0.101. The lowest BCUT2D eigenvalue weighted by atomic mass is 10.1. The second kappa shape index (κ2) is 9.27. The summed E-state index contributed by atoms with van der Waals surface area (Å²) in [6, 6.07) is 7.21. The SMILES string of the molecule is O=C(O)CCc1ccc(NC(=O)CCOCC2CCCO2)cc1. The van der Waals surface area contributed by atoms with Gasteiger partial charge in [-0.05, 0) is 37.0 Å². The molecule has 1 aromatic carbocycles. The molecule has 1 amide bonds. The highest BCUT2D eigenvalue weighted by atomic mass is 16.5. The van der Waals surface area contributed by atoms with Crippen LogP contribution < -0.4 is 5.32 Å². The Morgan fingerprint density at radius 2 is 2.04 bits per heavy atom. The van der Waals surface area contributed by atoms with Crippen LogP contribution in [0.1, 0.15) is 31.2 Å². The lowest BCUT2D eigenvalue weighted by Gasteiger charge is -2.10. The van der Waals surface area contributed by atoms with Gasteiger partial charge in [-0.3, -0.25) is 9.59 Å². The predicted molar refractivity (Wildman–Crippen MR) is 85.4 cm³/mol. The van der Waals surface area contributed by atoms with Gasteiger partial charge in [0.15, 0.2) is 0 Å². The largest absolute Gasteiger partial charge is 0.481 e. The number of carbonyl (C=O) groups is 2. The molecule has 0 spiro atoms. The Labute approximate surface area is 135 Å². The second-order valence-corrected chi connectivity index (χ2v) is 5.60. The predicted octanol–water partition coefficient (Wildman–Crippen LogP) is 2.23. The third kappa shape index (κ3) is 6.80. The summed E-state index contributed by atoms with van der Waals surface area (Å²) in [7, 11) is 0. The molecule has 2 N–H and O–H groups in total. The van der Waals surface area contributed by atoms with Gasteiger partial charge in [-0.1, -0.05) is 12.1 Å². The van der Waals surface area contributed by atoms with E-state index >= 15 is 0 Å². The number of carboxylic acid groups (broad SMARTS) is 1. The Kier molecular flexibility index (Phi) is 7.03. The zero-order valence-electron chi connectivity index (χ0n) is 13.1. The number of amides is 1. The Morgan fingerprint density at radius 3 is 2.70 bits per heavy atom. The van der Waals surface area contributed by atoms with Gasteiger partial charge < -0.3 is 19.9 Å². The van der Waals surface area contributed by atoms with Crippen LogP contribution in [0.3, 0.4) is 0 Å². The van der Waals surface area contributed by atoms with E-state index in [2.05, 4.69) is 5.32 Å². The molecule has 2 rings (SSSR count). The molecule has 1 saturated heterocycles. The molecular weight excluding hydrogens is 298 g/mol. The topological polar surface area (TPSA) is 84.9 Å². The highest BCUT2D eigenvalue weighted by Crippen LogP contribution is 2.13. The first kappa shape index (κ1) is 17.4. The third-order valence-corrected chi connectivity index (χ3v) is 3.67. The lowest BCUT2D eigenvalue weighted by Crippen LogP contribution is -2.18. The lowest BCUT2D eigenvalue weighted by molar-refractivity contribution is -0.137. The Balaban J connectivity index is 1.63. The molecule has 0 bridgehead atoms. The first-order valence-electron chi connectivity index (χ1n) is 7.93. The van der Waals surface area contributed by atoms with E-state index in [1.807, 2.05) is 12.1 Å². The fourth-order valence-electron chi connectivity index (χ4n) is 2.38. The second-order valence-electron chi connectivity index (χ2n) is 5.60. The van der Waals surface area contributed by atoms with Crippen molar-refractivity contribution >= 4 is 17.6 Å². The van der Waals surface area contributed by atoms with Crippen LogP contribution in [0.5, 0.6) is 0 Å². The van der Waals surface area contributed by atoms with Gasteiger partial charge in [0.25, 0.3) is 0 Å². The number of ether oxygens (including phenoxy) is 2. The third-order valence-electron chi connectivity index (χ3n) is 3.67. The van der Waals surface area contributed by atoms with Crippen LogP contribution in [0.4, 0.5) is 5.69 Å². The smallest absolute Gasteiger partial charge is 0.303 e. The van der Waals surface area contributed by atoms with Crippen molar-refractivity contribution in [1.82, 2.24) is 0 Å². The van der Waals surface area contributed by atoms with Gasteiger partial charge in [0.2, 0.25) is 5.91 Å². The van der Waals surface area contributed by atoms with Crippen LogP contribution in [-0.4, -0.2) is 42.9 Å². The van der Waals surface area contributed by atoms with Gasteiger partial charge >= 0.3 is 5.97 Å². The van der Waals surface area contributed by atoms with Crippen molar-refractivity contribution in [2.45, 2.75) is 38.2 Å². The average Bonchev–Trinajstić information content (AvgIpc) is 3.04. The molecule has 23 heavy (non-hydrogen) atoms. The summed E-state index contributed by atoms with van der Waals surface area (Å²) in [6.45, 7) is 1.73. The van der Waals surface area contributed by atoms with E-state index in [1.54, 1.807) is 12.1 Å². The normalized spacial score (nSPS) is 17.1. The Hall–Kier alpha value is -1.92. The molecule has 126 valence electrons. The molecule has 1 unspecified atom stereocenters. The van der Waals surface area contributed by atoms with Crippen molar-refractivity contribution in [2.24, 2.45) is 0 Å². The highest BCUT2D eigenvalue weighted by Gasteiger charge is 2.15. The summed E-state index contributed by atoms with van der Waals surface area (Å²) in [6.07, 6.45) is 3.18. The Morgan fingerprint density at radius 1 is 1.26 bits per heavy atom. The monoisotopic (exact) mass is 321 g/mol. The van der Waals surface area contributed by atoms with Gasteiger partial charge in [-0.2, -0.15) is 0 Å². The minimum Gasteiger partial charge on any atom is -0.481 e. The van der Waals surface area contributed by atoms with E-state index in [9.17, 15) is 9.59 Å². The molecule has 1 aliphatic heterocycles. The highest BCUT2D eigenvalue weighted by molar-refractivity contribution is 5.90. The number of carboxylic acids is 1. The maximum absolute atomic E-state index is 11.8. The van der Waals surface area contributed by atoms with E-state index in [1.165, 1.54) is 0 Å². The van der Waals surface area contributed by atoms with E-state index in [-0.39, 0.29) is 18.4 Å². The molecule has 0 saturated carbocycles. The number of aliphatic carboxylic acids is 1. The van der Waals surface area contributed by atoms with Crippen molar-refractivity contribution in [3.63, 3.8) is 0 Å². The van der Waals surface area contributed by atoms with Crippen molar-refractivity contribution in [1.29, 1.82) is 0 Å². The molecule has 1 aliphatic rings. The number of benzene rings is 1. The van der Waals surface area contributed by atoms with Crippen molar-refractivity contribution in [3.05, 3.63) is 29.8 Å². The molecule has 0 aromatic heterocycles. The molecule has 1 aromatic rings.